The normalized spacial score (nSPS) is 9.33. The summed E-state index contributed by atoms with van der Waals surface area (Å²) in [5.41, 5.74) is 1.10. The lowest BCUT2D eigenvalue weighted by atomic mass is 10.1. The largest absolute Gasteiger partial charge is 0.497 e. The van der Waals surface area contributed by atoms with Gasteiger partial charge in [-0.1, -0.05) is 12.1 Å². The maximum absolute atomic E-state index is 11.3. The minimum absolute atomic E-state index is 0.242. The van der Waals surface area contributed by atoms with Crippen molar-refractivity contribution in [1.29, 1.82) is 5.26 Å². The van der Waals surface area contributed by atoms with Gasteiger partial charge in [-0.2, -0.15) is 5.26 Å². The number of hydrogen-bond acceptors (Lipinski definition) is 3. The van der Waals surface area contributed by atoms with Gasteiger partial charge in [0.25, 0.3) is 0 Å². The second kappa shape index (κ2) is 7.96. The van der Waals surface area contributed by atoms with Gasteiger partial charge in [-0.05, 0) is 24.1 Å². The van der Waals surface area contributed by atoms with Crippen molar-refractivity contribution in [3.8, 4) is 11.8 Å². The van der Waals surface area contributed by atoms with Gasteiger partial charge >= 0.3 is 6.03 Å². The number of methoxy groups -OCH3 is 1. The van der Waals surface area contributed by atoms with E-state index in [1.54, 1.807) is 7.11 Å². The number of nitriles is 1. The van der Waals surface area contributed by atoms with E-state index in [4.69, 9.17) is 10.00 Å². The summed E-state index contributed by atoms with van der Waals surface area (Å²) in [7, 11) is 1.63. The molecule has 0 radical (unpaired) electrons. The van der Waals surface area contributed by atoms with Gasteiger partial charge in [-0.25, -0.2) is 4.79 Å². The van der Waals surface area contributed by atoms with Gasteiger partial charge in [0.1, 0.15) is 5.75 Å². The van der Waals surface area contributed by atoms with Crippen LogP contribution in [0.15, 0.2) is 24.3 Å². The Balaban J connectivity index is 2.24. The summed E-state index contributed by atoms with van der Waals surface area (Å²) in [5, 5.41) is 13.6. The van der Waals surface area contributed by atoms with E-state index < -0.39 is 0 Å². The standard InChI is InChI=1S/C13H17N3O2/c1-18-12-5-2-4-11(10-12)6-9-16-13(17)15-8-3-7-14/h2,4-5,10H,3,6,8-9H2,1H3,(H2,15,16,17). The van der Waals surface area contributed by atoms with Crippen molar-refractivity contribution in [2.24, 2.45) is 0 Å². The van der Waals surface area contributed by atoms with Gasteiger partial charge in [0.15, 0.2) is 0 Å². The van der Waals surface area contributed by atoms with Crippen LogP contribution in [-0.2, 0) is 6.42 Å². The van der Waals surface area contributed by atoms with Gasteiger partial charge in [0.2, 0.25) is 0 Å². The van der Waals surface area contributed by atoms with Crippen molar-refractivity contribution < 1.29 is 9.53 Å². The van der Waals surface area contributed by atoms with Crippen LogP contribution in [0.4, 0.5) is 4.79 Å². The first kappa shape index (κ1) is 13.8. The van der Waals surface area contributed by atoms with Crippen molar-refractivity contribution in [2.45, 2.75) is 12.8 Å². The van der Waals surface area contributed by atoms with Crippen LogP contribution in [0.25, 0.3) is 0 Å². The number of carbonyl (C=O) groups is 1. The third-order valence-corrected chi connectivity index (χ3v) is 2.36. The molecule has 2 N–H and O–H groups in total. The molecule has 0 atom stereocenters. The molecule has 2 amide bonds. The molecule has 0 aromatic heterocycles. The first-order valence-electron chi connectivity index (χ1n) is 5.78. The summed E-state index contributed by atoms with van der Waals surface area (Å²) < 4.78 is 5.12. The molecule has 0 aliphatic carbocycles. The molecule has 1 aromatic carbocycles. The zero-order valence-corrected chi connectivity index (χ0v) is 10.4. The van der Waals surface area contributed by atoms with Gasteiger partial charge < -0.3 is 15.4 Å². The molecule has 5 heteroatoms. The fourth-order valence-electron chi connectivity index (χ4n) is 1.44. The molecule has 0 heterocycles. The highest BCUT2D eigenvalue weighted by Gasteiger charge is 1.99. The maximum Gasteiger partial charge on any atom is 0.314 e. The zero-order chi connectivity index (χ0) is 13.2. The molecular weight excluding hydrogens is 230 g/mol. The molecule has 5 nitrogen and oxygen atoms in total. The Hall–Kier alpha value is -2.22. The second-order valence-electron chi connectivity index (χ2n) is 3.69. The van der Waals surface area contributed by atoms with Crippen LogP contribution in [0, 0.1) is 11.3 Å². The minimum atomic E-state index is -0.242. The average Bonchev–Trinajstić information content (AvgIpc) is 2.39. The Morgan fingerprint density at radius 3 is 2.89 bits per heavy atom. The Morgan fingerprint density at radius 1 is 1.39 bits per heavy atom. The summed E-state index contributed by atoms with van der Waals surface area (Å²) in [4.78, 5) is 11.3. The number of amides is 2. The van der Waals surface area contributed by atoms with Crippen molar-refractivity contribution in [2.75, 3.05) is 20.2 Å². The lowest BCUT2D eigenvalue weighted by Crippen LogP contribution is -2.36. The first-order chi connectivity index (χ1) is 8.76. The Labute approximate surface area is 107 Å². The Kier molecular flexibility index (Phi) is 6.12. The van der Waals surface area contributed by atoms with E-state index in [-0.39, 0.29) is 6.03 Å². The van der Waals surface area contributed by atoms with Crippen LogP contribution in [0.2, 0.25) is 0 Å². The molecule has 96 valence electrons. The highest BCUT2D eigenvalue weighted by molar-refractivity contribution is 5.73. The third kappa shape index (κ3) is 5.21. The van der Waals surface area contributed by atoms with Crippen molar-refractivity contribution in [1.82, 2.24) is 10.6 Å². The highest BCUT2D eigenvalue weighted by atomic mass is 16.5. The highest BCUT2D eigenvalue weighted by Crippen LogP contribution is 2.12. The monoisotopic (exact) mass is 247 g/mol. The smallest absolute Gasteiger partial charge is 0.314 e. The molecule has 0 bridgehead atoms. The molecule has 0 aliphatic rings. The molecule has 0 fully saturated rings. The van der Waals surface area contributed by atoms with E-state index in [0.717, 1.165) is 17.7 Å². The Morgan fingerprint density at radius 2 is 2.17 bits per heavy atom. The minimum Gasteiger partial charge on any atom is -0.497 e. The second-order valence-corrected chi connectivity index (χ2v) is 3.69. The third-order valence-electron chi connectivity index (χ3n) is 2.36. The molecule has 0 unspecified atom stereocenters. The number of rotatable bonds is 6. The average molecular weight is 247 g/mol. The summed E-state index contributed by atoms with van der Waals surface area (Å²) in [5.74, 6) is 0.811. The number of ether oxygens (including phenoxy) is 1. The fraction of sp³-hybridized carbons (Fsp3) is 0.385. The van der Waals surface area contributed by atoms with E-state index in [2.05, 4.69) is 10.6 Å². The zero-order valence-electron chi connectivity index (χ0n) is 10.4. The topological polar surface area (TPSA) is 74.2 Å². The lowest BCUT2D eigenvalue weighted by molar-refractivity contribution is 0.241. The number of carbonyl (C=O) groups excluding carboxylic acids is 1. The predicted octanol–water partition coefficient (Wildman–Crippen LogP) is 1.45. The van der Waals surface area contributed by atoms with Crippen LogP contribution >= 0.6 is 0 Å². The molecule has 1 aromatic rings. The Bertz CT molecular complexity index is 426. The number of nitrogens with one attached hydrogen (secondary N) is 2. The van der Waals surface area contributed by atoms with E-state index >= 15 is 0 Å². The van der Waals surface area contributed by atoms with Gasteiger partial charge in [0, 0.05) is 13.1 Å². The quantitative estimate of drug-likeness (QED) is 0.747. The van der Waals surface area contributed by atoms with Crippen LogP contribution in [-0.4, -0.2) is 26.2 Å². The number of urea groups is 1. The molecule has 0 spiro atoms. The van der Waals surface area contributed by atoms with Crippen LogP contribution in [0.1, 0.15) is 12.0 Å². The van der Waals surface area contributed by atoms with Gasteiger partial charge in [0.05, 0.1) is 19.6 Å². The number of benzene rings is 1. The van der Waals surface area contributed by atoms with E-state index in [1.807, 2.05) is 30.3 Å². The summed E-state index contributed by atoms with van der Waals surface area (Å²) in [6.07, 6.45) is 1.06. The predicted molar refractivity (Wildman–Crippen MR) is 68.3 cm³/mol. The summed E-state index contributed by atoms with van der Waals surface area (Å²) in [6.45, 7) is 0.924. The van der Waals surface area contributed by atoms with Gasteiger partial charge in [-0.15, -0.1) is 0 Å². The molecular formula is C13H17N3O2. The van der Waals surface area contributed by atoms with Crippen molar-refractivity contribution >= 4 is 6.03 Å². The van der Waals surface area contributed by atoms with E-state index in [9.17, 15) is 4.79 Å². The lowest BCUT2D eigenvalue weighted by Gasteiger charge is -2.07. The fourth-order valence-corrected chi connectivity index (χ4v) is 1.44. The number of hydrogen-bond donors (Lipinski definition) is 2. The molecule has 18 heavy (non-hydrogen) atoms. The number of nitrogens with zero attached hydrogens (tertiary/aromatic N) is 1. The molecule has 0 aliphatic heterocycles. The SMILES string of the molecule is COc1cccc(CCNC(=O)NCCC#N)c1. The van der Waals surface area contributed by atoms with Crippen LogP contribution < -0.4 is 15.4 Å². The molecule has 0 saturated heterocycles. The van der Waals surface area contributed by atoms with E-state index in [0.29, 0.717) is 19.5 Å². The summed E-state index contributed by atoms with van der Waals surface area (Å²) >= 11 is 0. The van der Waals surface area contributed by atoms with E-state index in [1.165, 1.54) is 0 Å². The first-order valence-corrected chi connectivity index (χ1v) is 5.78. The maximum atomic E-state index is 11.3. The summed E-state index contributed by atoms with van der Waals surface area (Å²) in [6, 6.07) is 9.44. The van der Waals surface area contributed by atoms with Gasteiger partial charge in [-0.3, -0.25) is 0 Å². The van der Waals surface area contributed by atoms with Crippen LogP contribution in [0.3, 0.4) is 0 Å². The van der Waals surface area contributed by atoms with Crippen molar-refractivity contribution in [3.63, 3.8) is 0 Å². The molecule has 1 rings (SSSR count). The van der Waals surface area contributed by atoms with Crippen LogP contribution in [0.5, 0.6) is 5.75 Å². The molecule has 0 saturated carbocycles. The van der Waals surface area contributed by atoms with Crippen molar-refractivity contribution in [3.05, 3.63) is 29.8 Å².